The first kappa shape index (κ1) is 18.6. The van der Waals surface area contributed by atoms with Crippen LogP contribution in [0.3, 0.4) is 0 Å². The molecule has 140 valence electrons. The summed E-state index contributed by atoms with van der Waals surface area (Å²) < 4.78 is 1.99. The summed E-state index contributed by atoms with van der Waals surface area (Å²) in [6.07, 6.45) is 2.16. The SMILES string of the molecule is CC(C)(C)CC(=O)NCC(=O)Nc1ccc(-n2cnc3ccccc32)cc1. The fourth-order valence-electron chi connectivity index (χ4n) is 2.80. The van der Waals surface area contributed by atoms with Crippen LogP contribution in [-0.4, -0.2) is 27.9 Å². The first-order chi connectivity index (χ1) is 12.8. The number of aromatic nitrogens is 2. The minimum atomic E-state index is -0.252. The molecule has 3 aromatic rings. The number of rotatable bonds is 5. The van der Waals surface area contributed by atoms with Crippen LogP contribution in [0.25, 0.3) is 16.7 Å². The van der Waals surface area contributed by atoms with Crippen LogP contribution in [0.15, 0.2) is 54.9 Å². The van der Waals surface area contributed by atoms with Crippen LogP contribution in [0.5, 0.6) is 0 Å². The molecule has 6 heteroatoms. The maximum atomic E-state index is 12.0. The molecule has 6 nitrogen and oxygen atoms in total. The number of nitrogens with zero attached hydrogens (tertiary/aromatic N) is 2. The molecular weight excluding hydrogens is 340 g/mol. The van der Waals surface area contributed by atoms with Gasteiger partial charge in [-0.05, 0) is 41.8 Å². The lowest BCUT2D eigenvalue weighted by molar-refractivity contribution is -0.125. The number of para-hydroxylation sites is 2. The van der Waals surface area contributed by atoms with Crippen molar-refractivity contribution < 1.29 is 9.59 Å². The van der Waals surface area contributed by atoms with Gasteiger partial charge in [-0.25, -0.2) is 4.98 Å². The van der Waals surface area contributed by atoms with Gasteiger partial charge in [0.15, 0.2) is 0 Å². The van der Waals surface area contributed by atoms with Gasteiger partial charge >= 0.3 is 0 Å². The summed E-state index contributed by atoms with van der Waals surface area (Å²) in [7, 11) is 0. The van der Waals surface area contributed by atoms with Crippen LogP contribution in [-0.2, 0) is 9.59 Å². The average Bonchev–Trinajstić information content (AvgIpc) is 3.03. The van der Waals surface area contributed by atoms with Crippen LogP contribution in [0.4, 0.5) is 5.69 Å². The van der Waals surface area contributed by atoms with Crippen molar-refractivity contribution in [1.29, 1.82) is 0 Å². The highest BCUT2D eigenvalue weighted by molar-refractivity contribution is 5.94. The van der Waals surface area contributed by atoms with E-state index < -0.39 is 0 Å². The molecule has 0 bridgehead atoms. The van der Waals surface area contributed by atoms with Crippen molar-refractivity contribution in [2.45, 2.75) is 27.2 Å². The normalized spacial score (nSPS) is 11.4. The zero-order chi connectivity index (χ0) is 19.4. The third-order valence-corrected chi connectivity index (χ3v) is 4.02. The summed E-state index contributed by atoms with van der Waals surface area (Å²) in [4.78, 5) is 28.2. The molecule has 1 heterocycles. The van der Waals surface area contributed by atoms with Crippen molar-refractivity contribution in [3.05, 3.63) is 54.9 Å². The number of carbonyl (C=O) groups is 2. The van der Waals surface area contributed by atoms with E-state index in [1.54, 1.807) is 6.33 Å². The van der Waals surface area contributed by atoms with Crippen molar-refractivity contribution in [2.75, 3.05) is 11.9 Å². The second-order valence-electron chi connectivity index (χ2n) is 7.71. The van der Waals surface area contributed by atoms with Gasteiger partial charge in [0.2, 0.25) is 11.8 Å². The Bertz CT molecular complexity index is 952. The third-order valence-electron chi connectivity index (χ3n) is 4.02. The Balaban J connectivity index is 1.59. The van der Waals surface area contributed by atoms with Crippen LogP contribution < -0.4 is 10.6 Å². The Labute approximate surface area is 158 Å². The molecule has 0 atom stereocenters. The molecule has 0 spiro atoms. The number of hydrogen-bond donors (Lipinski definition) is 2. The maximum Gasteiger partial charge on any atom is 0.243 e. The number of anilines is 1. The van der Waals surface area contributed by atoms with Gasteiger partial charge in [0.25, 0.3) is 0 Å². The Morgan fingerprint density at radius 2 is 1.70 bits per heavy atom. The zero-order valence-corrected chi connectivity index (χ0v) is 15.8. The lowest BCUT2D eigenvalue weighted by Crippen LogP contribution is -2.34. The topological polar surface area (TPSA) is 76.0 Å². The smallest absolute Gasteiger partial charge is 0.243 e. The van der Waals surface area contributed by atoms with Crippen molar-refractivity contribution in [2.24, 2.45) is 5.41 Å². The molecule has 0 unspecified atom stereocenters. The predicted molar refractivity (Wildman–Crippen MR) is 107 cm³/mol. The predicted octanol–water partition coefficient (Wildman–Crippen LogP) is 3.52. The number of amides is 2. The van der Waals surface area contributed by atoms with Gasteiger partial charge in [-0.2, -0.15) is 0 Å². The molecule has 0 aliphatic rings. The molecule has 1 aromatic heterocycles. The van der Waals surface area contributed by atoms with Crippen molar-refractivity contribution in [1.82, 2.24) is 14.9 Å². The maximum absolute atomic E-state index is 12.0. The minimum absolute atomic E-state index is 0.0389. The lowest BCUT2D eigenvalue weighted by Gasteiger charge is -2.17. The van der Waals surface area contributed by atoms with Crippen LogP contribution >= 0.6 is 0 Å². The molecule has 0 aliphatic carbocycles. The van der Waals surface area contributed by atoms with Gasteiger partial charge in [-0.15, -0.1) is 0 Å². The summed E-state index contributed by atoms with van der Waals surface area (Å²) in [6, 6.07) is 15.4. The van der Waals surface area contributed by atoms with Gasteiger partial charge in [0, 0.05) is 17.8 Å². The molecular formula is C21H24N4O2. The Morgan fingerprint density at radius 1 is 1.00 bits per heavy atom. The van der Waals surface area contributed by atoms with Gasteiger partial charge in [-0.1, -0.05) is 32.9 Å². The quantitative estimate of drug-likeness (QED) is 0.727. The molecule has 2 aromatic carbocycles. The van der Waals surface area contributed by atoms with Crippen LogP contribution in [0.2, 0.25) is 0 Å². The van der Waals surface area contributed by atoms with E-state index in [-0.39, 0.29) is 23.8 Å². The fourth-order valence-corrected chi connectivity index (χ4v) is 2.80. The first-order valence-electron chi connectivity index (χ1n) is 8.91. The Hall–Kier alpha value is -3.15. The highest BCUT2D eigenvalue weighted by Crippen LogP contribution is 2.20. The van der Waals surface area contributed by atoms with E-state index in [9.17, 15) is 9.59 Å². The summed E-state index contributed by atoms with van der Waals surface area (Å²) in [5.74, 6) is -0.377. The minimum Gasteiger partial charge on any atom is -0.347 e. The van der Waals surface area contributed by atoms with Gasteiger partial charge in [0.05, 0.1) is 17.6 Å². The molecule has 2 N–H and O–H groups in total. The van der Waals surface area contributed by atoms with Gasteiger partial charge < -0.3 is 10.6 Å². The first-order valence-corrected chi connectivity index (χ1v) is 8.91. The zero-order valence-electron chi connectivity index (χ0n) is 15.8. The van der Waals surface area contributed by atoms with E-state index >= 15 is 0 Å². The summed E-state index contributed by atoms with van der Waals surface area (Å²) in [6.45, 7) is 5.91. The largest absolute Gasteiger partial charge is 0.347 e. The van der Waals surface area contributed by atoms with Crippen molar-refractivity contribution >= 4 is 28.5 Å². The number of nitrogens with one attached hydrogen (secondary N) is 2. The molecule has 0 saturated heterocycles. The molecule has 27 heavy (non-hydrogen) atoms. The van der Waals surface area contributed by atoms with E-state index in [1.165, 1.54) is 0 Å². The Morgan fingerprint density at radius 3 is 2.41 bits per heavy atom. The summed E-state index contributed by atoms with van der Waals surface area (Å²) in [5, 5.41) is 5.44. The van der Waals surface area contributed by atoms with E-state index in [0.29, 0.717) is 12.1 Å². The highest BCUT2D eigenvalue weighted by Gasteiger charge is 2.16. The average molecular weight is 364 g/mol. The standard InChI is InChI=1S/C21H24N4O2/c1-21(2,3)12-19(26)22-13-20(27)24-15-8-10-16(11-9-15)25-14-23-17-6-4-5-7-18(17)25/h4-11,14H,12-13H2,1-3H3,(H,22,26)(H,24,27). The molecule has 0 aliphatic heterocycles. The second-order valence-corrected chi connectivity index (χ2v) is 7.71. The molecule has 0 saturated carbocycles. The number of carbonyl (C=O) groups excluding carboxylic acids is 2. The second kappa shape index (κ2) is 7.61. The monoisotopic (exact) mass is 364 g/mol. The Kier molecular flexibility index (Phi) is 5.26. The van der Waals surface area contributed by atoms with E-state index in [1.807, 2.05) is 73.9 Å². The number of benzene rings is 2. The van der Waals surface area contributed by atoms with Crippen molar-refractivity contribution in [3.8, 4) is 5.69 Å². The van der Waals surface area contributed by atoms with E-state index in [4.69, 9.17) is 0 Å². The van der Waals surface area contributed by atoms with Gasteiger partial charge in [-0.3, -0.25) is 14.2 Å². The van der Waals surface area contributed by atoms with Crippen LogP contribution in [0, 0.1) is 5.41 Å². The van der Waals surface area contributed by atoms with Gasteiger partial charge in [0.1, 0.15) is 6.33 Å². The highest BCUT2D eigenvalue weighted by atomic mass is 16.2. The molecule has 0 radical (unpaired) electrons. The fraction of sp³-hybridized carbons (Fsp3) is 0.286. The van der Waals surface area contributed by atoms with E-state index in [2.05, 4.69) is 15.6 Å². The third kappa shape index (κ3) is 4.94. The molecule has 3 rings (SSSR count). The number of hydrogen-bond acceptors (Lipinski definition) is 3. The molecule has 0 fully saturated rings. The van der Waals surface area contributed by atoms with Crippen LogP contribution in [0.1, 0.15) is 27.2 Å². The summed E-state index contributed by atoms with van der Waals surface area (Å²) in [5.41, 5.74) is 3.49. The molecule has 2 amide bonds. The van der Waals surface area contributed by atoms with Crippen molar-refractivity contribution in [3.63, 3.8) is 0 Å². The summed E-state index contributed by atoms with van der Waals surface area (Å²) >= 11 is 0. The number of fused-ring (bicyclic) bond motifs is 1. The van der Waals surface area contributed by atoms with E-state index in [0.717, 1.165) is 16.7 Å². The lowest BCUT2D eigenvalue weighted by atomic mass is 9.92. The number of imidazole rings is 1.